The second-order valence-electron chi connectivity index (χ2n) is 8.36. The van der Waals surface area contributed by atoms with E-state index in [0.717, 1.165) is 17.9 Å². The van der Waals surface area contributed by atoms with Gasteiger partial charge in [0.2, 0.25) is 5.91 Å². The Morgan fingerprint density at radius 2 is 2.00 bits per heavy atom. The molecular formula is C24H32N4O2. The molecule has 1 amide bonds. The molecule has 0 spiro atoms. The van der Waals surface area contributed by atoms with Crippen LogP contribution in [0.2, 0.25) is 0 Å². The van der Waals surface area contributed by atoms with Gasteiger partial charge < -0.3 is 10.2 Å². The van der Waals surface area contributed by atoms with Gasteiger partial charge in [-0.25, -0.2) is 4.98 Å². The maximum Gasteiger partial charge on any atom is 0.238 e. The molecule has 0 radical (unpaired) electrons. The first-order valence-corrected chi connectivity index (χ1v) is 10.7. The number of hydrogen-bond donors (Lipinski definition) is 1. The van der Waals surface area contributed by atoms with Gasteiger partial charge in [0, 0.05) is 36.9 Å². The third kappa shape index (κ3) is 5.45. The number of aromatic nitrogens is 1. The number of ketones is 1. The Labute approximate surface area is 179 Å². The molecule has 0 bridgehead atoms. The quantitative estimate of drug-likeness (QED) is 0.666. The van der Waals surface area contributed by atoms with Crippen molar-refractivity contribution in [2.24, 2.45) is 0 Å². The van der Waals surface area contributed by atoms with Gasteiger partial charge in [0.05, 0.1) is 12.2 Å². The highest BCUT2D eigenvalue weighted by molar-refractivity contribution is 6.04. The average molecular weight is 409 g/mol. The minimum atomic E-state index is -0.132. The second-order valence-corrected chi connectivity index (χ2v) is 8.36. The molecule has 1 aromatic carbocycles. The van der Waals surface area contributed by atoms with Crippen LogP contribution in [0.15, 0.2) is 42.6 Å². The van der Waals surface area contributed by atoms with E-state index in [4.69, 9.17) is 0 Å². The molecule has 1 aliphatic rings. The Morgan fingerprint density at radius 3 is 2.60 bits per heavy atom. The Bertz CT molecular complexity index is 879. The predicted octanol–water partition coefficient (Wildman–Crippen LogP) is 4.12. The van der Waals surface area contributed by atoms with E-state index in [2.05, 4.69) is 53.0 Å². The van der Waals surface area contributed by atoms with E-state index in [1.165, 1.54) is 19.8 Å². The van der Waals surface area contributed by atoms with Crippen LogP contribution in [-0.2, 0) is 11.3 Å². The molecule has 1 aliphatic heterocycles. The number of pyridine rings is 1. The molecule has 2 aromatic rings. The summed E-state index contributed by atoms with van der Waals surface area (Å²) in [5.41, 5.74) is 2.17. The summed E-state index contributed by atoms with van der Waals surface area (Å²) < 4.78 is 0. The van der Waals surface area contributed by atoms with Crippen molar-refractivity contribution in [3.8, 4) is 0 Å². The van der Waals surface area contributed by atoms with E-state index < -0.39 is 0 Å². The van der Waals surface area contributed by atoms with Gasteiger partial charge in [-0.3, -0.25) is 14.5 Å². The van der Waals surface area contributed by atoms with Crippen LogP contribution in [0.4, 0.5) is 11.5 Å². The maximum atomic E-state index is 12.7. The summed E-state index contributed by atoms with van der Waals surface area (Å²) in [4.78, 5) is 33.6. The molecule has 0 aliphatic carbocycles. The molecule has 3 rings (SSSR count). The zero-order valence-electron chi connectivity index (χ0n) is 18.4. The maximum absolute atomic E-state index is 12.7. The first-order chi connectivity index (χ1) is 14.3. The minimum absolute atomic E-state index is 0.0647. The van der Waals surface area contributed by atoms with Crippen LogP contribution in [0.1, 0.15) is 56.5 Å². The number of nitrogens with zero attached hydrogens (tertiary/aromatic N) is 3. The van der Waals surface area contributed by atoms with Gasteiger partial charge in [0.25, 0.3) is 0 Å². The smallest absolute Gasteiger partial charge is 0.238 e. The predicted molar refractivity (Wildman–Crippen MR) is 121 cm³/mol. The number of nitrogens with one attached hydrogen (secondary N) is 1. The summed E-state index contributed by atoms with van der Waals surface area (Å²) in [5.74, 6) is 0.830. The summed E-state index contributed by atoms with van der Waals surface area (Å²) in [7, 11) is 0. The second kappa shape index (κ2) is 9.85. The zero-order chi connectivity index (χ0) is 21.7. The molecule has 6 nitrogen and oxygen atoms in total. The summed E-state index contributed by atoms with van der Waals surface area (Å²) >= 11 is 0. The molecule has 0 unspecified atom stereocenters. The highest BCUT2D eigenvalue weighted by Crippen LogP contribution is 2.23. The molecule has 160 valence electrons. The van der Waals surface area contributed by atoms with Gasteiger partial charge in [-0.2, -0.15) is 0 Å². The van der Waals surface area contributed by atoms with Crippen LogP contribution in [-0.4, -0.2) is 46.7 Å². The van der Waals surface area contributed by atoms with Crippen LogP contribution < -0.4 is 10.2 Å². The number of anilines is 2. The fraction of sp³-hybridized carbons (Fsp3) is 0.458. The van der Waals surface area contributed by atoms with Crippen molar-refractivity contribution in [3.05, 3.63) is 53.7 Å². The lowest BCUT2D eigenvalue weighted by atomic mass is 10.1. The molecule has 1 atom stereocenters. The molecular weight excluding hydrogens is 376 g/mol. The number of carbonyl (C=O) groups excluding carboxylic acids is 2. The van der Waals surface area contributed by atoms with E-state index in [0.29, 0.717) is 23.8 Å². The SMILES string of the molecule is CC(=O)c1ccccc1NC(=O)CN(Cc1ccc(N2CCC[C@@H]2C)nc1)C(C)C. The summed E-state index contributed by atoms with van der Waals surface area (Å²) in [6.45, 7) is 9.84. The molecule has 1 saturated heterocycles. The lowest BCUT2D eigenvalue weighted by Gasteiger charge is -2.26. The van der Waals surface area contributed by atoms with Gasteiger partial charge in [0.1, 0.15) is 5.82 Å². The normalized spacial score (nSPS) is 16.3. The van der Waals surface area contributed by atoms with Crippen molar-refractivity contribution in [1.29, 1.82) is 0 Å². The number of rotatable bonds is 8. The third-order valence-electron chi connectivity index (χ3n) is 5.70. The largest absolute Gasteiger partial charge is 0.354 e. The number of benzene rings is 1. The molecule has 2 heterocycles. The van der Waals surface area contributed by atoms with Gasteiger partial charge in [-0.1, -0.05) is 18.2 Å². The standard InChI is InChI=1S/C24H32N4O2/c1-17(2)27(16-24(30)26-22-10-6-5-9-21(22)19(4)29)15-20-11-12-23(25-14-20)28-13-7-8-18(28)3/h5-6,9-12,14,17-18H,7-8,13,15-16H2,1-4H3,(H,26,30)/t18-/m0/s1. The van der Waals surface area contributed by atoms with Crippen molar-refractivity contribution in [1.82, 2.24) is 9.88 Å². The van der Waals surface area contributed by atoms with E-state index >= 15 is 0 Å². The van der Waals surface area contributed by atoms with Gasteiger partial charge >= 0.3 is 0 Å². The Hall–Kier alpha value is -2.73. The molecule has 0 saturated carbocycles. The molecule has 1 fully saturated rings. The topological polar surface area (TPSA) is 65.5 Å². The van der Waals surface area contributed by atoms with Gasteiger partial charge in [-0.15, -0.1) is 0 Å². The van der Waals surface area contributed by atoms with Crippen LogP contribution in [0.25, 0.3) is 0 Å². The Balaban J connectivity index is 1.63. The van der Waals surface area contributed by atoms with E-state index in [1.807, 2.05) is 12.3 Å². The lowest BCUT2D eigenvalue weighted by Crippen LogP contribution is -2.37. The molecule has 1 N–H and O–H groups in total. The summed E-state index contributed by atoms with van der Waals surface area (Å²) in [5, 5.41) is 2.89. The van der Waals surface area contributed by atoms with E-state index in [9.17, 15) is 9.59 Å². The van der Waals surface area contributed by atoms with Crippen molar-refractivity contribution in [2.45, 2.75) is 59.2 Å². The Morgan fingerprint density at radius 1 is 1.23 bits per heavy atom. The van der Waals surface area contributed by atoms with Crippen molar-refractivity contribution < 1.29 is 9.59 Å². The Kier molecular flexibility index (Phi) is 7.21. The lowest BCUT2D eigenvalue weighted by molar-refractivity contribution is -0.117. The monoisotopic (exact) mass is 408 g/mol. The highest BCUT2D eigenvalue weighted by Gasteiger charge is 2.22. The number of carbonyl (C=O) groups is 2. The first kappa shape index (κ1) is 22.0. The fourth-order valence-electron chi connectivity index (χ4n) is 3.88. The zero-order valence-corrected chi connectivity index (χ0v) is 18.4. The molecule has 30 heavy (non-hydrogen) atoms. The van der Waals surface area contributed by atoms with Crippen molar-refractivity contribution in [3.63, 3.8) is 0 Å². The highest BCUT2D eigenvalue weighted by atomic mass is 16.2. The van der Waals surface area contributed by atoms with Gasteiger partial charge in [-0.05, 0) is 64.3 Å². The number of hydrogen-bond acceptors (Lipinski definition) is 5. The summed E-state index contributed by atoms with van der Waals surface area (Å²) in [6.07, 6.45) is 4.35. The molecule has 6 heteroatoms. The third-order valence-corrected chi connectivity index (χ3v) is 5.70. The first-order valence-electron chi connectivity index (χ1n) is 10.7. The number of Topliss-reactive ketones (excluding diaryl/α,β-unsaturated/α-hetero) is 1. The summed E-state index contributed by atoms with van der Waals surface area (Å²) in [6, 6.07) is 12.0. The van der Waals surface area contributed by atoms with Gasteiger partial charge in [0.15, 0.2) is 5.78 Å². The van der Waals surface area contributed by atoms with E-state index in [-0.39, 0.29) is 24.3 Å². The number of para-hydroxylation sites is 1. The van der Waals surface area contributed by atoms with Crippen molar-refractivity contribution in [2.75, 3.05) is 23.3 Å². The average Bonchev–Trinajstić information content (AvgIpc) is 3.14. The number of amides is 1. The van der Waals surface area contributed by atoms with E-state index in [1.54, 1.807) is 18.2 Å². The van der Waals surface area contributed by atoms with Crippen LogP contribution >= 0.6 is 0 Å². The van der Waals surface area contributed by atoms with Crippen molar-refractivity contribution >= 4 is 23.2 Å². The van der Waals surface area contributed by atoms with Crippen LogP contribution in [0.5, 0.6) is 0 Å². The fourth-order valence-corrected chi connectivity index (χ4v) is 3.88. The molecule has 1 aromatic heterocycles. The minimum Gasteiger partial charge on any atom is -0.354 e. The van der Waals surface area contributed by atoms with Crippen LogP contribution in [0, 0.1) is 0 Å². The van der Waals surface area contributed by atoms with Crippen LogP contribution in [0.3, 0.4) is 0 Å².